The predicted octanol–water partition coefficient (Wildman–Crippen LogP) is 2.73. The molecule has 0 bridgehead atoms. The molecule has 0 aliphatic heterocycles. The van der Waals surface area contributed by atoms with Crippen LogP contribution in [0.5, 0.6) is 0 Å². The van der Waals surface area contributed by atoms with E-state index >= 15 is 0 Å². The molecule has 0 heterocycles. The van der Waals surface area contributed by atoms with Gasteiger partial charge in [-0.1, -0.05) is 27.6 Å². The molecule has 0 aliphatic carbocycles. The molecular weight excluding hydrogens is 220 g/mol. The fraction of sp³-hybridized carbons (Fsp3) is 0.778. The minimum atomic E-state index is 0.0214. The lowest BCUT2D eigenvalue weighted by atomic mass is 10.3. The molecule has 0 rings (SSSR count). The lowest BCUT2D eigenvalue weighted by molar-refractivity contribution is 0.0478. The van der Waals surface area contributed by atoms with E-state index in [9.17, 15) is 0 Å². The smallest absolute Gasteiger partial charge is 0.135 e. The summed E-state index contributed by atoms with van der Waals surface area (Å²) in [4.78, 5) is 0. The van der Waals surface area contributed by atoms with Crippen LogP contribution in [0.2, 0.25) is 0 Å². The topological polar surface area (TPSA) is 18.5 Å². The van der Waals surface area contributed by atoms with Crippen molar-refractivity contribution in [2.45, 2.75) is 25.8 Å². The summed E-state index contributed by atoms with van der Waals surface area (Å²) >= 11 is 3.34. The molecule has 0 aromatic carbocycles. The van der Waals surface area contributed by atoms with Gasteiger partial charge in [0.15, 0.2) is 0 Å². The quantitative estimate of drug-likeness (QED) is 0.401. The molecule has 2 nitrogen and oxygen atoms in total. The van der Waals surface area contributed by atoms with Gasteiger partial charge in [0.05, 0.1) is 13.2 Å². The average molecular weight is 237 g/mol. The van der Waals surface area contributed by atoms with Crippen molar-refractivity contribution in [1.82, 2.24) is 0 Å². The maximum absolute atomic E-state index is 5.31. The molecule has 0 saturated carbocycles. The molecule has 72 valence electrons. The number of hydrogen-bond donors (Lipinski definition) is 0. The standard InChI is InChI=1S/C9H17BrO2/c1-4-12-9(10)7-11-6-5-8(2)3/h5,9H,4,6-7H2,1-3H3. The van der Waals surface area contributed by atoms with Crippen molar-refractivity contribution in [3.63, 3.8) is 0 Å². The maximum atomic E-state index is 5.31. The van der Waals surface area contributed by atoms with Gasteiger partial charge in [-0.2, -0.15) is 0 Å². The lowest BCUT2D eigenvalue weighted by Crippen LogP contribution is -2.12. The molecule has 0 aromatic rings. The second-order valence-corrected chi connectivity index (χ2v) is 3.71. The number of allylic oxidation sites excluding steroid dienone is 1. The third kappa shape index (κ3) is 8.24. The van der Waals surface area contributed by atoms with Gasteiger partial charge in [0.1, 0.15) is 5.01 Å². The van der Waals surface area contributed by atoms with E-state index in [4.69, 9.17) is 9.47 Å². The van der Waals surface area contributed by atoms with Crippen LogP contribution in [-0.4, -0.2) is 24.8 Å². The molecular formula is C9H17BrO2. The molecule has 1 atom stereocenters. The summed E-state index contributed by atoms with van der Waals surface area (Å²) < 4.78 is 10.5. The highest BCUT2D eigenvalue weighted by Crippen LogP contribution is 2.01. The van der Waals surface area contributed by atoms with Crippen LogP contribution in [0.1, 0.15) is 20.8 Å². The average Bonchev–Trinajstić information content (AvgIpc) is 1.98. The molecule has 0 aromatic heterocycles. The van der Waals surface area contributed by atoms with E-state index in [1.165, 1.54) is 5.57 Å². The molecule has 1 unspecified atom stereocenters. The number of hydrogen-bond acceptors (Lipinski definition) is 2. The Labute approximate surface area is 83.1 Å². The molecule has 12 heavy (non-hydrogen) atoms. The zero-order valence-electron chi connectivity index (χ0n) is 7.97. The summed E-state index contributed by atoms with van der Waals surface area (Å²) in [5, 5.41) is 0.0214. The molecule has 0 saturated heterocycles. The largest absolute Gasteiger partial charge is 0.374 e. The van der Waals surface area contributed by atoms with Crippen LogP contribution in [0.3, 0.4) is 0 Å². The summed E-state index contributed by atoms with van der Waals surface area (Å²) in [7, 11) is 0. The Morgan fingerprint density at radius 3 is 2.67 bits per heavy atom. The van der Waals surface area contributed by atoms with Crippen molar-refractivity contribution in [2.24, 2.45) is 0 Å². The van der Waals surface area contributed by atoms with E-state index < -0.39 is 0 Å². The van der Waals surface area contributed by atoms with Crippen molar-refractivity contribution in [3.05, 3.63) is 11.6 Å². The number of ether oxygens (including phenoxy) is 2. The van der Waals surface area contributed by atoms with E-state index in [0.29, 0.717) is 19.8 Å². The van der Waals surface area contributed by atoms with Crippen molar-refractivity contribution < 1.29 is 9.47 Å². The fourth-order valence-corrected chi connectivity index (χ4v) is 1.07. The normalized spacial score (nSPS) is 12.7. The summed E-state index contributed by atoms with van der Waals surface area (Å²) in [6.07, 6.45) is 2.05. The van der Waals surface area contributed by atoms with Gasteiger partial charge in [0.2, 0.25) is 0 Å². The summed E-state index contributed by atoms with van der Waals surface area (Å²) in [5.74, 6) is 0. The number of halogens is 1. The SMILES string of the molecule is CCOC(Br)COCC=C(C)C. The van der Waals surface area contributed by atoms with Crippen molar-refractivity contribution in [1.29, 1.82) is 0 Å². The Balaban J connectivity index is 3.25. The molecule has 0 aliphatic rings. The zero-order valence-corrected chi connectivity index (χ0v) is 9.56. The molecule has 3 heteroatoms. The monoisotopic (exact) mass is 236 g/mol. The van der Waals surface area contributed by atoms with Crippen molar-refractivity contribution >= 4 is 15.9 Å². The van der Waals surface area contributed by atoms with Crippen LogP contribution < -0.4 is 0 Å². The third-order valence-electron chi connectivity index (χ3n) is 1.21. The summed E-state index contributed by atoms with van der Waals surface area (Å²) in [5.41, 5.74) is 1.28. The van der Waals surface area contributed by atoms with Gasteiger partial charge >= 0.3 is 0 Å². The van der Waals surface area contributed by atoms with Crippen LogP contribution in [0.15, 0.2) is 11.6 Å². The molecule has 0 fully saturated rings. The van der Waals surface area contributed by atoms with E-state index in [1.54, 1.807) is 0 Å². The highest BCUT2D eigenvalue weighted by atomic mass is 79.9. The third-order valence-corrected chi connectivity index (χ3v) is 1.73. The second kappa shape index (κ2) is 7.77. The lowest BCUT2D eigenvalue weighted by Gasteiger charge is -2.08. The zero-order chi connectivity index (χ0) is 9.40. The Hall–Kier alpha value is 0.140. The molecule has 0 radical (unpaired) electrons. The molecule has 0 spiro atoms. The Kier molecular flexibility index (Phi) is 7.86. The van der Waals surface area contributed by atoms with Gasteiger partial charge in [0, 0.05) is 6.61 Å². The fourth-order valence-electron chi connectivity index (χ4n) is 0.615. The molecule has 0 amide bonds. The van der Waals surface area contributed by atoms with Gasteiger partial charge in [-0.05, 0) is 20.8 Å². The first-order valence-electron chi connectivity index (χ1n) is 4.13. The van der Waals surface area contributed by atoms with Crippen LogP contribution >= 0.6 is 15.9 Å². The summed E-state index contributed by atoms with van der Waals surface area (Å²) in [6, 6.07) is 0. The van der Waals surface area contributed by atoms with Crippen LogP contribution in [0.25, 0.3) is 0 Å². The van der Waals surface area contributed by atoms with Crippen molar-refractivity contribution in [3.8, 4) is 0 Å². The van der Waals surface area contributed by atoms with Crippen molar-refractivity contribution in [2.75, 3.05) is 19.8 Å². The Bertz CT molecular complexity index is 130. The van der Waals surface area contributed by atoms with Gasteiger partial charge in [-0.15, -0.1) is 0 Å². The van der Waals surface area contributed by atoms with Gasteiger partial charge < -0.3 is 9.47 Å². The second-order valence-electron chi connectivity index (χ2n) is 2.68. The van der Waals surface area contributed by atoms with Crippen LogP contribution in [0, 0.1) is 0 Å². The van der Waals surface area contributed by atoms with Gasteiger partial charge in [0.25, 0.3) is 0 Å². The first-order valence-corrected chi connectivity index (χ1v) is 5.05. The van der Waals surface area contributed by atoms with Crippen LogP contribution in [0.4, 0.5) is 0 Å². The Morgan fingerprint density at radius 2 is 2.17 bits per heavy atom. The van der Waals surface area contributed by atoms with E-state index in [1.807, 2.05) is 13.0 Å². The minimum Gasteiger partial charge on any atom is -0.374 e. The van der Waals surface area contributed by atoms with E-state index in [0.717, 1.165) is 0 Å². The first-order chi connectivity index (χ1) is 5.66. The number of alkyl halides is 1. The summed E-state index contributed by atoms with van der Waals surface area (Å²) in [6.45, 7) is 8.04. The van der Waals surface area contributed by atoms with E-state index in [2.05, 4.69) is 29.8 Å². The molecule has 0 N–H and O–H groups in total. The minimum absolute atomic E-state index is 0.0214. The van der Waals surface area contributed by atoms with Gasteiger partial charge in [-0.25, -0.2) is 0 Å². The first kappa shape index (κ1) is 12.1. The Morgan fingerprint density at radius 1 is 1.50 bits per heavy atom. The highest BCUT2D eigenvalue weighted by molar-refractivity contribution is 9.09. The van der Waals surface area contributed by atoms with Gasteiger partial charge in [-0.3, -0.25) is 0 Å². The highest BCUT2D eigenvalue weighted by Gasteiger charge is 2.00. The van der Waals surface area contributed by atoms with E-state index in [-0.39, 0.29) is 5.01 Å². The van der Waals surface area contributed by atoms with Crippen LogP contribution in [-0.2, 0) is 9.47 Å². The number of rotatable bonds is 6. The predicted molar refractivity (Wildman–Crippen MR) is 54.6 cm³/mol. The maximum Gasteiger partial charge on any atom is 0.135 e.